The van der Waals surface area contributed by atoms with Crippen molar-refractivity contribution in [1.82, 2.24) is 4.98 Å². The zero-order valence-electron chi connectivity index (χ0n) is 7.64. The molecule has 0 unspecified atom stereocenters. The van der Waals surface area contributed by atoms with Gasteiger partial charge in [0.2, 0.25) is 0 Å². The Morgan fingerprint density at radius 3 is 2.73 bits per heavy atom. The lowest BCUT2D eigenvalue weighted by atomic mass is 10.4. The number of aromatic nitrogens is 1. The molecular weight excluding hydrogens is 231 g/mol. The lowest BCUT2D eigenvalue weighted by Gasteiger charge is -2.06. The van der Waals surface area contributed by atoms with E-state index >= 15 is 0 Å². The highest BCUT2D eigenvalue weighted by Crippen LogP contribution is 2.20. The Kier molecular flexibility index (Phi) is 3.52. The molecule has 0 bridgehead atoms. The zero-order valence-corrected chi connectivity index (χ0v) is 8.39. The van der Waals surface area contributed by atoms with Crippen LogP contribution in [-0.4, -0.2) is 16.9 Å². The van der Waals surface area contributed by atoms with E-state index in [1.807, 2.05) is 0 Å². The molecule has 15 heavy (non-hydrogen) atoms. The predicted molar refractivity (Wildman–Crippen MR) is 52.0 cm³/mol. The van der Waals surface area contributed by atoms with Crippen LogP contribution in [0.1, 0.15) is 6.92 Å². The van der Waals surface area contributed by atoms with Gasteiger partial charge in [0.15, 0.2) is 5.82 Å². The predicted octanol–water partition coefficient (Wildman–Crippen LogP) is 3.09. The first kappa shape index (κ1) is 11.8. The van der Waals surface area contributed by atoms with Crippen LogP contribution in [0.5, 0.6) is 0 Å². The average Bonchev–Trinajstić information content (AvgIpc) is 2.14. The van der Waals surface area contributed by atoms with Gasteiger partial charge in [-0.05, 0) is 19.1 Å². The standard InChI is InChI=1S/C8H7ClF3N3/c1-5(8(10,11)12)14-15-7-6(9)3-2-4-13-7/h2-4H,1H3,(H,13,15)/b14-5-. The molecule has 3 nitrogen and oxygen atoms in total. The van der Waals surface area contributed by atoms with Crippen molar-refractivity contribution in [3.05, 3.63) is 23.4 Å². The number of pyridine rings is 1. The summed E-state index contributed by atoms with van der Waals surface area (Å²) in [5.41, 5.74) is 1.15. The van der Waals surface area contributed by atoms with Gasteiger partial charge in [0.1, 0.15) is 5.71 Å². The van der Waals surface area contributed by atoms with E-state index in [1.54, 1.807) is 6.07 Å². The SMILES string of the molecule is C/C(=N/Nc1ncccc1Cl)C(F)(F)F. The third-order valence-electron chi connectivity index (χ3n) is 1.50. The summed E-state index contributed by atoms with van der Waals surface area (Å²) in [6, 6.07) is 3.06. The second-order valence-corrected chi connectivity index (χ2v) is 3.05. The summed E-state index contributed by atoms with van der Waals surface area (Å²) in [4.78, 5) is 3.71. The molecule has 1 rings (SSSR count). The number of nitrogens with zero attached hydrogens (tertiary/aromatic N) is 2. The number of halogens is 4. The molecule has 1 heterocycles. The van der Waals surface area contributed by atoms with Crippen molar-refractivity contribution >= 4 is 23.1 Å². The van der Waals surface area contributed by atoms with E-state index in [-0.39, 0.29) is 10.8 Å². The Hall–Kier alpha value is -1.30. The summed E-state index contributed by atoms with van der Waals surface area (Å²) >= 11 is 5.65. The fourth-order valence-corrected chi connectivity index (χ4v) is 0.832. The first-order valence-corrected chi connectivity index (χ1v) is 4.27. The van der Waals surface area contributed by atoms with Gasteiger partial charge in [0.25, 0.3) is 0 Å². The van der Waals surface area contributed by atoms with Crippen LogP contribution in [0, 0.1) is 0 Å². The summed E-state index contributed by atoms with van der Waals surface area (Å²) in [5, 5.41) is 3.33. The summed E-state index contributed by atoms with van der Waals surface area (Å²) in [7, 11) is 0. The normalized spacial score (nSPS) is 12.7. The number of hydrogen-bond acceptors (Lipinski definition) is 3. The van der Waals surface area contributed by atoms with Crippen molar-refractivity contribution < 1.29 is 13.2 Å². The topological polar surface area (TPSA) is 37.3 Å². The quantitative estimate of drug-likeness (QED) is 0.634. The van der Waals surface area contributed by atoms with Crippen LogP contribution in [0.15, 0.2) is 23.4 Å². The average molecular weight is 238 g/mol. The third-order valence-corrected chi connectivity index (χ3v) is 1.80. The van der Waals surface area contributed by atoms with Gasteiger partial charge in [0.05, 0.1) is 5.02 Å². The molecule has 0 spiro atoms. The smallest absolute Gasteiger partial charge is 0.260 e. The Morgan fingerprint density at radius 2 is 2.20 bits per heavy atom. The molecular formula is C8H7ClF3N3. The summed E-state index contributed by atoms with van der Waals surface area (Å²) in [5.74, 6) is 0.0859. The Balaban J connectivity index is 2.77. The van der Waals surface area contributed by atoms with E-state index in [1.165, 1.54) is 12.3 Å². The van der Waals surface area contributed by atoms with Gasteiger partial charge in [-0.25, -0.2) is 4.98 Å². The van der Waals surface area contributed by atoms with Crippen molar-refractivity contribution in [3.63, 3.8) is 0 Å². The van der Waals surface area contributed by atoms with E-state index < -0.39 is 11.9 Å². The van der Waals surface area contributed by atoms with Gasteiger partial charge in [0, 0.05) is 6.20 Å². The van der Waals surface area contributed by atoms with E-state index in [2.05, 4.69) is 15.5 Å². The minimum absolute atomic E-state index is 0.0859. The molecule has 0 radical (unpaired) electrons. The molecule has 1 aromatic rings. The van der Waals surface area contributed by atoms with Crippen LogP contribution in [0.2, 0.25) is 5.02 Å². The number of rotatable bonds is 2. The van der Waals surface area contributed by atoms with Crippen molar-refractivity contribution in [2.24, 2.45) is 5.10 Å². The van der Waals surface area contributed by atoms with Crippen LogP contribution in [-0.2, 0) is 0 Å². The van der Waals surface area contributed by atoms with Gasteiger partial charge in [-0.2, -0.15) is 18.3 Å². The monoisotopic (exact) mass is 237 g/mol. The lowest BCUT2D eigenvalue weighted by molar-refractivity contribution is -0.0592. The highest BCUT2D eigenvalue weighted by atomic mass is 35.5. The maximum absolute atomic E-state index is 12.0. The number of anilines is 1. The molecule has 82 valence electrons. The summed E-state index contributed by atoms with van der Waals surface area (Å²) in [6.07, 6.45) is -3.05. The molecule has 7 heteroatoms. The van der Waals surface area contributed by atoms with Crippen molar-refractivity contribution in [3.8, 4) is 0 Å². The summed E-state index contributed by atoms with van der Waals surface area (Å²) in [6.45, 7) is 0.851. The molecule has 1 N–H and O–H groups in total. The molecule has 0 fully saturated rings. The Bertz CT molecular complexity index is 376. The maximum Gasteiger partial charge on any atom is 0.430 e. The molecule has 1 aromatic heterocycles. The number of nitrogens with one attached hydrogen (secondary N) is 1. The second-order valence-electron chi connectivity index (χ2n) is 2.64. The fraction of sp³-hybridized carbons (Fsp3) is 0.250. The van der Waals surface area contributed by atoms with Crippen molar-refractivity contribution in [2.75, 3.05) is 5.43 Å². The molecule has 0 amide bonds. The first-order chi connectivity index (χ1) is 6.91. The highest BCUT2D eigenvalue weighted by Gasteiger charge is 2.32. The van der Waals surface area contributed by atoms with Crippen LogP contribution in [0.4, 0.5) is 19.0 Å². The number of alkyl halides is 3. The molecule has 0 aliphatic heterocycles. The number of hydrogen-bond donors (Lipinski definition) is 1. The molecule has 0 aliphatic rings. The summed E-state index contributed by atoms with van der Waals surface area (Å²) < 4.78 is 36.1. The molecule has 0 saturated heterocycles. The van der Waals surface area contributed by atoms with E-state index in [0.717, 1.165) is 6.92 Å². The molecule has 0 aromatic carbocycles. The number of hydrazone groups is 1. The van der Waals surface area contributed by atoms with E-state index in [0.29, 0.717) is 0 Å². The Morgan fingerprint density at radius 1 is 1.53 bits per heavy atom. The highest BCUT2D eigenvalue weighted by molar-refractivity contribution is 6.32. The van der Waals surface area contributed by atoms with Gasteiger partial charge in [-0.15, -0.1) is 0 Å². The largest absolute Gasteiger partial charge is 0.430 e. The van der Waals surface area contributed by atoms with Crippen LogP contribution < -0.4 is 5.43 Å². The fourth-order valence-electron chi connectivity index (χ4n) is 0.668. The molecule has 0 saturated carbocycles. The van der Waals surface area contributed by atoms with Gasteiger partial charge in [-0.3, -0.25) is 5.43 Å². The zero-order chi connectivity index (χ0) is 11.5. The van der Waals surface area contributed by atoms with Gasteiger partial charge in [-0.1, -0.05) is 11.6 Å². The lowest BCUT2D eigenvalue weighted by Crippen LogP contribution is -2.20. The second kappa shape index (κ2) is 4.48. The van der Waals surface area contributed by atoms with Crippen LogP contribution in [0.3, 0.4) is 0 Å². The van der Waals surface area contributed by atoms with Crippen molar-refractivity contribution in [1.29, 1.82) is 0 Å². The van der Waals surface area contributed by atoms with E-state index in [4.69, 9.17) is 11.6 Å². The Labute approximate surface area is 89.0 Å². The van der Waals surface area contributed by atoms with Crippen molar-refractivity contribution in [2.45, 2.75) is 13.1 Å². The molecule has 0 aliphatic carbocycles. The van der Waals surface area contributed by atoms with Gasteiger partial charge < -0.3 is 0 Å². The minimum atomic E-state index is -4.45. The maximum atomic E-state index is 12.0. The van der Waals surface area contributed by atoms with E-state index in [9.17, 15) is 13.2 Å². The van der Waals surface area contributed by atoms with Crippen LogP contribution in [0.25, 0.3) is 0 Å². The minimum Gasteiger partial charge on any atom is -0.260 e. The third kappa shape index (κ3) is 3.39. The van der Waals surface area contributed by atoms with Gasteiger partial charge >= 0.3 is 6.18 Å². The van der Waals surface area contributed by atoms with Crippen LogP contribution >= 0.6 is 11.6 Å². The first-order valence-electron chi connectivity index (χ1n) is 3.89. The molecule has 0 atom stereocenters.